The van der Waals surface area contributed by atoms with Gasteiger partial charge < -0.3 is 4.90 Å². The summed E-state index contributed by atoms with van der Waals surface area (Å²) in [5.41, 5.74) is 1.30. The van der Waals surface area contributed by atoms with Gasteiger partial charge in [0.25, 0.3) is 0 Å². The molecule has 4 nitrogen and oxygen atoms in total. The van der Waals surface area contributed by atoms with Gasteiger partial charge in [-0.25, -0.2) is 8.42 Å². The largest absolute Gasteiger partial charge is 0.338 e. The van der Waals surface area contributed by atoms with Crippen molar-refractivity contribution in [2.45, 2.75) is 38.1 Å². The summed E-state index contributed by atoms with van der Waals surface area (Å²) < 4.78 is 23.9. The van der Waals surface area contributed by atoms with E-state index in [4.69, 9.17) is 0 Å². The van der Waals surface area contributed by atoms with Crippen LogP contribution in [-0.2, 0) is 26.5 Å². The molecule has 2 aromatic carbocycles. The van der Waals surface area contributed by atoms with Crippen LogP contribution >= 0.6 is 0 Å². The predicted molar refractivity (Wildman–Crippen MR) is 108 cm³/mol. The van der Waals surface area contributed by atoms with Gasteiger partial charge in [-0.05, 0) is 37.8 Å². The molecule has 144 valence electrons. The zero-order chi connectivity index (χ0) is 19.5. The van der Waals surface area contributed by atoms with Crippen molar-refractivity contribution in [3.8, 4) is 0 Å². The predicted octanol–water partition coefficient (Wildman–Crippen LogP) is 3.22. The summed E-state index contributed by atoms with van der Waals surface area (Å²) in [5.74, 6) is 0.243. The summed E-state index contributed by atoms with van der Waals surface area (Å²) in [7, 11) is -3.05. The Hall–Kier alpha value is -2.14. The van der Waals surface area contributed by atoms with E-state index < -0.39 is 15.3 Å². The number of hydrogen-bond acceptors (Lipinski definition) is 3. The molecule has 2 atom stereocenters. The summed E-state index contributed by atoms with van der Waals surface area (Å²) in [6, 6.07) is 19.6. The molecule has 27 heavy (non-hydrogen) atoms. The normalized spacial score (nSPS) is 20.7. The van der Waals surface area contributed by atoms with E-state index in [0.29, 0.717) is 19.4 Å². The lowest BCUT2D eigenvalue weighted by Crippen LogP contribution is -2.51. The molecule has 0 spiro atoms. The average Bonchev–Trinajstić information content (AvgIpc) is 3.03. The summed E-state index contributed by atoms with van der Waals surface area (Å²) in [6.07, 6.45) is 1.10. The van der Waals surface area contributed by atoms with Crippen LogP contribution in [0.15, 0.2) is 60.7 Å². The van der Waals surface area contributed by atoms with E-state index in [2.05, 4.69) is 0 Å². The third kappa shape index (κ3) is 4.24. The molecule has 2 unspecified atom stereocenters. The van der Waals surface area contributed by atoms with Gasteiger partial charge in [0.2, 0.25) is 5.91 Å². The van der Waals surface area contributed by atoms with Crippen LogP contribution in [0, 0.1) is 0 Å². The van der Waals surface area contributed by atoms with Gasteiger partial charge in [0, 0.05) is 12.6 Å². The van der Waals surface area contributed by atoms with E-state index in [1.807, 2.05) is 74.5 Å². The standard InChI is InChI=1S/C22H27NO3S/c1-3-23(20-14-15-27(25,26)17-20)21(24)22(2,19-12-8-5-9-13-19)16-18-10-6-4-7-11-18/h4-13,20H,3,14-17H2,1-2H3. The molecule has 3 rings (SSSR count). The van der Waals surface area contributed by atoms with Crippen LogP contribution in [0.5, 0.6) is 0 Å². The lowest BCUT2D eigenvalue weighted by Gasteiger charge is -2.37. The number of benzene rings is 2. The third-order valence-electron chi connectivity index (χ3n) is 5.53. The fourth-order valence-electron chi connectivity index (χ4n) is 4.02. The molecular weight excluding hydrogens is 358 g/mol. The minimum Gasteiger partial charge on any atom is -0.338 e. The molecule has 1 amide bonds. The maximum Gasteiger partial charge on any atom is 0.233 e. The van der Waals surface area contributed by atoms with E-state index in [9.17, 15) is 13.2 Å². The molecule has 0 aromatic heterocycles. The van der Waals surface area contributed by atoms with Gasteiger partial charge in [-0.1, -0.05) is 60.7 Å². The molecule has 1 heterocycles. The third-order valence-corrected chi connectivity index (χ3v) is 7.28. The van der Waals surface area contributed by atoms with E-state index in [0.717, 1.165) is 11.1 Å². The Morgan fingerprint density at radius 1 is 1.07 bits per heavy atom. The van der Waals surface area contributed by atoms with Crippen LogP contribution < -0.4 is 0 Å². The molecule has 5 heteroatoms. The van der Waals surface area contributed by atoms with Crippen molar-refractivity contribution in [1.82, 2.24) is 4.90 Å². The van der Waals surface area contributed by atoms with Crippen LogP contribution in [0.25, 0.3) is 0 Å². The van der Waals surface area contributed by atoms with E-state index in [-0.39, 0.29) is 23.5 Å². The monoisotopic (exact) mass is 385 g/mol. The first kappa shape index (κ1) is 19.6. The number of likely N-dealkylation sites (N-methyl/N-ethyl adjacent to an activating group) is 1. The molecule has 1 saturated heterocycles. The van der Waals surface area contributed by atoms with Crippen molar-refractivity contribution in [2.24, 2.45) is 0 Å². The van der Waals surface area contributed by atoms with Crippen LogP contribution in [0.4, 0.5) is 0 Å². The fraction of sp³-hybridized carbons (Fsp3) is 0.409. The van der Waals surface area contributed by atoms with Gasteiger partial charge in [0.1, 0.15) is 0 Å². The van der Waals surface area contributed by atoms with E-state index in [1.54, 1.807) is 4.90 Å². The Morgan fingerprint density at radius 3 is 2.19 bits per heavy atom. The molecule has 0 bridgehead atoms. The smallest absolute Gasteiger partial charge is 0.233 e. The Bertz CT molecular complexity index is 880. The Kier molecular flexibility index (Phi) is 5.70. The lowest BCUT2D eigenvalue weighted by atomic mass is 9.75. The topological polar surface area (TPSA) is 54.5 Å². The summed E-state index contributed by atoms with van der Waals surface area (Å²) in [6.45, 7) is 4.41. The number of sulfone groups is 1. The first-order valence-electron chi connectivity index (χ1n) is 9.46. The molecule has 0 aliphatic carbocycles. The zero-order valence-corrected chi connectivity index (χ0v) is 16.8. The van der Waals surface area contributed by atoms with Crippen LogP contribution in [-0.4, -0.2) is 43.3 Å². The SMILES string of the molecule is CCN(C(=O)C(C)(Cc1ccccc1)c1ccccc1)C1CCS(=O)(=O)C1. The van der Waals surface area contributed by atoms with Crippen LogP contribution in [0.2, 0.25) is 0 Å². The van der Waals surface area contributed by atoms with E-state index in [1.165, 1.54) is 0 Å². The van der Waals surface area contributed by atoms with Gasteiger partial charge in [-0.3, -0.25) is 4.79 Å². The number of amides is 1. The minimum absolute atomic E-state index is 0.00199. The maximum atomic E-state index is 13.7. The van der Waals surface area contributed by atoms with E-state index >= 15 is 0 Å². The van der Waals surface area contributed by atoms with Crippen molar-refractivity contribution < 1.29 is 13.2 Å². The van der Waals surface area contributed by atoms with Crippen molar-refractivity contribution >= 4 is 15.7 Å². The lowest BCUT2D eigenvalue weighted by molar-refractivity contribution is -0.138. The number of rotatable bonds is 6. The summed E-state index contributed by atoms with van der Waals surface area (Å²) in [4.78, 5) is 15.5. The summed E-state index contributed by atoms with van der Waals surface area (Å²) >= 11 is 0. The first-order valence-corrected chi connectivity index (χ1v) is 11.3. The van der Waals surface area contributed by atoms with Crippen molar-refractivity contribution in [2.75, 3.05) is 18.1 Å². The van der Waals surface area contributed by atoms with Crippen LogP contribution in [0.1, 0.15) is 31.4 Å². The molecule has 0 radical (unpaired) electrons. The van der Waals surface area contributed by atoms with Crippen molar-refractivity contribution in [3.05, 3.63) is 71.8 Å². The molecule has 0 saturated carbocycles. The fourth-order valence-corrected chi connectivity index (χ4v) is 5.75. The number of carbonyl (C=O) groups is 1. The van der Waals surface area contributed by atoms with Gasteiger partial charge >= 0.3 is 0 Å². The van der Waals surface area contributed by atoms with Gasteiger partial charge in [-0.2, -0.15) is 0 Å². The van der Waals surface area contributed by atoms with Crippen molar-refractivity contribution in [3.63, 3.8) is 0 Å². The second-order valence-electron chi connectivity index (χ2n) is 7.51. The first-order chi connectivity index (χ1) is 12.9. The highest BCUT2D eigenvalue weighted by Crippen LogP contribution is 2.32. The number of hydrogen-bond donors (Lipinski definition) is 0. The highest BCUT2D eigenvalue weighted by molar-refractivity contribution is 7.91. The average molecular weight is 386 g/mol. The Balaban J connectivity index is 1.97. The number of nitrogens with zero attached hydrogens (tertiary/aromatic N) is 1. The zero-order valence-electron chi connectivity index (χ0n) is 16.0. The maximum absolute atomic E-state index is 13.7. The molecule has 2 aromatic rings. The highest BCUT2D eigenvalue weighted by atomic mass is 32.2. The molecule has 1 aliphatic rings. The quantitative estimate of drug-likeness (QED) is 0.767. The van der Waals surface area contributed by atoms with Gasteiger partial charge in [0.05, 0.1) is 16.9 Å². The van der Waals surface area contributed by atoms with Crippen LogP contribution in [0.3, 0.4) is 0 Å². The van der Waals surface area contributed by atoms with Gasteiger partial charge in [0.15, 0.2) is 9.84 Å². The Labute approximate surface area is 162 Å². The Morgan fingerprint density at radius 2 is 1.67 bits per heavy atom. The molecule has 1 aliphatic heterocycles. The van der Waals surface area contributed by atoms with Crippen molar-refractivity contribution in [1.29, 1.82) is 0 Å². The second-order valence-corrected chi connectivity index (χ2v) is 9.74. The number of carbonyl (C=O) groups excluding carboxylic acids is 1. The minimum atomic E-state index is -3.05. The molecule has 0 N–H and O–H groups in total. The highest BCUT2D eigenvalue weighted by Gasteiger charge is 2.42. The molecular formula is C22H27NO3S. The second kappa shape index (κ2) is 7.85. The molecule has 1 fully saturated rings. The van der Waals surface area contributed by atoms with Gasteiger partial charge in [-0.15, -0.1) is 0 Å². The summed E-state index contributed by atoms with van der Waals surface area (Å²) in [5, 5.41) is 0.